The van der Waals surface area contributed by atoms with Crippen molar-refractivity contribution in [1.29, 1.82) is 0 Å². The third kappa shape index (κ3) is 3.13. The number of hydrogen-bond acceptors (Lipinski definition) is 4. The van der Waals surface area contributed by atoms with Gasteiger partial charge in [-0.1, -0.05) is 30.7 Å². The Morgan fingerprint density at radius 2 is 1.78 bits per heavy atom. The Labute approximate surface area is 135 Å². The molecular weight excluding hydrogens is 288 g/mol. The first-order chi connectivity index (χ1) is 11.4. The van der Waals surface area contributed by atoms with Gasteiger partial charge in [0.25, 0.3) is 0 Å². The molecule has 23 heavy (non-hydrogen) atoms. The maximum absolute atomic E-state index is 6.16. The number of hydrogen-bond donors (Lipinski definition) is 1. The normalized spacial score (nSPS) is 15.7. The lowest BCUT2D eigenvalue weighted by atomic mass is 9.98. The van der Waals surface area contributed by atoms with Crippen LogP contribution in [0.3, 0.4) is 0 Å². The second-order valence-electron chi connectivity index (χ2n) is 5.94. The van der Waals surface area contributed by atoms with Gasteiger partial charge in [-0.3, -0.25) is 0 Å². The van der Waals surface area contributed by atoms with Crippen molar-refractivity contribution in [3.05, 3.63) is 48.5 Å². The molecule has 1 N–H and O–H groups in total. The molecule has 2 heterocycles. The minimum absolute atomic E-state index is 0.295. The zero-order valence-corrected chi connectivity index (χ0v) is 13.0. The van der Waals surface area contributed by atoms with E-state index in [2.05, 4.69) is 15.4 Å². The molecule has 1 aromatic carbocycles. The van der Waals surface area contributed by atoms with Crippen LogP contribution in [0, 0.1) is 0 Å². The van der Waals surface area contributed by atoms with Crippen molar-refractivity contribution in [3.63, 3.8) is 0 Å². The van der Waals surface area contributed by atoms with E-state index in [1.54, 1.807) is 4.52 Å². The summed E-state index contributed by atoms with van der Waals surface area (Å²) in [7, 11) is 0. The van der Waals surface area contributed by atoms with Crippen molar-refractivity contribution < 1.29 is 4.74 Å². The van der Waals surface area contributed by atoms with E-state index < -0.39 is 0 Å². The van der Waals surface area contributed by atoms with E-state index in [1.165, 1.54) is 19.3 Å². The maximum atomic E-state index is 6.16. The lowest BCUT2D eigenvalue weighted by molar-refractivity contribution is 0.145. The minimum Gasteiger partial charge on any atom is -0.474 e. The van der Waals surface area contributed by atoms with Gasteiger partial charge in [-0.05, 0) is 43.9 Å². The molecule has 0 saturated heterocycles. The molecule has 0 radical (unpaired) electrons. The number of anilines is 2. The van der Waals surface area contributed by atoms with E-state index in [4.69, 9.17) is 4.74 Å². The SMILES string of the molecule is c1ccc(Nc2nc3cccc(OC4CCCCC4)n3n2)cc1. The predicted molar refractivity (Wildman–Crippen MR) is 90.2 cm³/mol. The van der Waals surface area contributed by atoms with Crippen LogP contribution in [0.15, 0.2) is 48.5 Å². The largest absolute Gasteiger partial charge is 0.474 e. The van der Waals surface area contributed by atoms with Gasteiger partial charge < -0.3 is 10.1 Å². The second-order valence-corrected chi connectivity index (χ2v) is 5.94. The molecule has 1 aliphatic rings. The molecule has 0 unspecified atom stereocenters. The summed E-state index contributed by atoms with van der Waals surface area (Å²) < 4.78 is 7.94. The quantitative estimate of drug-likeness (QED) is 0.785. The van der Waals surface area contributed by atoms with Crippen molar-refractivity contribution in [2.24, 2.45) is 0 Å². The Morgan fingerprint density at radius 3 is 2.61 bits per heavy atom. The van der Waals surface area contributed by atoms with Crippen molar-refractivity contribution >= 4 is 17.3 Å². The Hall–Kier alpha value is -2.56. The molecule has 1 aliphatic carbocycles. The summed E-state index contributed by atoms with van der Waals surface area (Å²) in [5.74, 6) is 1.35. The van der Waals surface area contributed by atoms with Gasteiger partial charge in [0.05, 0.1) is 0 Å². The number of nitrogens with zero attached hydrogens (tertiary/aromatic N) is 3. The molecular formula is C18H20N4O. The molecule has 118 valence electrons. The van der Waals surface area contributed by atoms with Crippen LogP contribution in [0.5, 0.6) is 5.88 Å². The molecule has 2 aromatic heterocycles. The van der Waals surface area contributed by atoms with E-state index in [-0.39, 0.29) is 0 Å². The highest BCUT2D eigenvalue weighted by atomic mass is 16.5. The van der Waals surface area contributed by atoms with E-state index in [0.29, 0.717) is 12.1 Å². The Balaban J connectivity index is 1.59. The molecule has 1 fully saturated rings. The van der Waals surface area contributed by atoms with E-state index >= 15 is 0 Å². The van der Waals surface area contributed by atoms with Gasteiger partial charge in [-0.25, -0.2) is 0 Å². The first-order valence-corrected chi connectivity index (χ1v) is 8.23. The second kappa shape index (κ2) is 6.28. The molecule has 0 spiro atoms. The summed E-state index contributed by atoms with van der Waals surface area (Å²) in [6.07, 6.45) is 6.36. The summed E-state index contributed by atoms with van der Waals surface area (Å²) in [4.78, 5) is 4.52. The predicted octanol–water partition coefficient (Wildman–Crippen LogP) is 4.18. The van der Waals surface area contributed by atoms with Crippen LogP contribution in [0.1, 0.15) is 32.1 Å². The number of pyridine rings is 1. The smallest absolute Gasteiger partial charge is 0.247 e. The first kappa shape index (κ1) is 14.1. The van der Waals surface area contributed by atoms with Gasteiger partial charge in [0.15, 0.2) is 5.65 Å². The third-order valence-electron chi connectivity index (χ3n) is 4.19. The highest BCUT2D eigenvalue weighted by Crippen LogP contribution is 2.24. The van der Waals surface area contributed by atoms with Gasteiger partial charge in [0, 0.05) is 11.8 Å². The fourth-order valence-corrected chi connectivity index (χ4v) is 3.03. The molecule has 1 saturated carbocycles. The molecule has 4 rings (SSSR count). The van der Waals surface area contributed by atoms with Crippen molar-refractivity contribution in [2.75, 3.05) is 5.32 Å². The number of para-hydroxylation sites is 1. The highest BCUT2D eigenvalue weighted by Gasteiger charge is 2.17. The van der Waals surface area contributed by atoms with Gasteiger partial charge in [0.1, 0.15) is 6.10 Å². The van der Waals surface area contributed by atoms with Crippen LogP contribution < -0.4 is 10.1 Å². The molecule has 0 aliphatic heterocycles. The zero-order chi connectivity index (χ0) is 15.5. The average Bonchev–Trinajstić information content (AvgIpc) is 3.00. The number of aromatic nitrogens is 3. The van der Waals surface area contributed by atoms with Crippen molar-refractivity contribution in [2.45, 2.75) is 38.2 Å². The number of benzene rings is 1. The Morgan fingerprint density at radius 1 is 0.957 bits per heavy atom. The van der Waals surface area contributed by atoms with Crippen LogP contribution in [0.4, 0.5) is 11.6 Å². The standard InChI is InChI=1S/C18H20N4O/c1-3-8-14(9-4-1)19-18-20-16-12-7-13-17(22(16)21-18)23-15-10-5-2-6-11-15/h1,3-4,7-9,12-13,15H,2,5-6,10-11H2,(H,19,21). The average molecular weight is 308 g/mol. The lowest BCUT2D eigenvalue weighted by Gasteiger charge is -2.22. The van der Waals surface area contributed by atoms with Crippen LogP contribution in [-0.2, 0) is 0 Å². The minimum atomic E-state index is 0.295. The Bertz CT molecular complexity index is 778. The van der Waals surface area contributed by atoms with Crippen molar-refractivity contribution in [1.82, 2.24) is 14.6 Å². The summed E-state index contributed by atoms with van der Waals surface area (Å²) in [5.41, 5.74) is 1.76. The van der Waals surface area contributed by atoms with Crippen molar-refractivity contribution in [3.8, 4) is 5.88 Å². The van der Waals surface area contributed by atoms with Gasteiger partial charge >= 0.3 is 0 Å². The first-order valence-electron chi connectivity index (χ1n) is 8.23. The van der Waals surface area contributed by atoms with E-state index in [9.17, 15) is 0 Å². The lowest BCUT2D eigenvalue weighted by Crippen LogP contribution is -2.20. The van der Waals surface area contributed by atoms with Gasteiger partial charge in [0.2, 0.25) is 11.8 Å². The monoisotopic (exact) mass is 308 g/mol. The molecule has 3 aromatic rings. The van der Waals surface area contributed by atoms with E-state index in [1.807, 2.05) is 48.5 Å². The number of fused-ring (bicyclic) bond motifs is 1. The maximum Gasteiger partial charge on any atom is 0.247 e. The van der Waals surface area contributed by atoms with Crippen LogP contribution in [0.25, 0.3) is 5.65 Å². The molecule has 0 amide bonds. The van der Waals surface area contributed by atoms with Crippen LogP contribution >= 0.6 is 0 Å². The fourth-order valence-electron chi connectivity index (χ4n) is 3.03. The van der Waals surface area contributed by atoms with Crippen LogP contribution in [0.2, 0.25) is 0 Å². The summed E-state index contributed by atoms with van der Waals surface area (Å²) in [6.45, 7) is 0. The molecule has 5 nitrogen and oxygen atoms in total. The summed E-state index contributed by atoms with van der Waals surface area (Å²) in [5, 5.41) is 7.77. The van der Waals surface area contributed by atoms with Gasteiger partial charge in [-0.15, -0.1) is 5.10 Å². The highest BCUT2D eigenvalue weighted by molar-refractivity contribution is 5.55. The van der Waals surface area contributed by atoms with E-state index in [0.717, 1.165) is 30.1 Å². The number of nitrogens with one attached hydrogen (secondary N) is 1. The molecule has 0 atom stereocenters. The number of rotatable bonds is 4. The third-order valence-corrected chi connectivity index (χ3v) is 4.19. The topological polar surface area (TPSA) is 51.5 Å². The molecule has 5 heteroatoms. The molecule has 0 bridgehead atoms. The van der Waals surface area contributed by atoms with Gasteiger partial charge in [-0.2, -0.15) is 9.50 Å². The van der Waals surface area contributed by atoms with Crippen LogP contribution in [-0.4, -0.2) is 20.7 Å². The summed E-state index contributed by atoms with van der Waals surface area (Å²) in [6, 6.07) is 15.8. The fraction of sp³-hybridized carbons (Fsp3) is 0.333. The Kier molecular flexibility index (Phi) is 3.84. The summed E-state index contributed by atoms with van der Waals surface area (Å²) >= 11 is 0. The zero-order valence-electron chi connectivity index (χ0n) is 13.0. The number of ether oxygens (including phenoxy) is 1.